The van der Waals surface area contributed by atoms with Crippen LogP contribution in [-0.2, 0) is 0 Å². The second kappa shape index (κ2) is 5.62. The van der Waals surface area contributed by atoms with Gasteiger partial charge in [-0.3, -0.25) is 0 Å². The fraction of sp³-hybridized carbons (Fsp3) is 0.667. The van der Waals surface area contributed by atoms with Crippen molar-refractivity contribution in [2.24, 2.45) is 5.73 Å². The minimum atomic E-state index is 0.319. The highest BCUT2D eigenvalue weighted by Gasteiger charge is 2.04. The van der Waals surface area contributed by atoms with Crippen molar-refractivity contribution in [2.45, 2.75) is 37.1 Å². The summed E-state index contributed by atoms with van der Waals surface area (Å²) in [6, 6.07) is 0.319. The van der Waals surface area contributed by atoms with Gasteiger partial charge in [-0.2, -0.15) is 0 Å². The summed E-state index contributed by atoms with van der Waals surface area (Å²) in [6.07, 6.45) is 2.27. The van der Waals surface area contributed by atoms with Crippen LogP contribution in [0.1, 0.15) is 25.5 Å². The van der Waals surface area contributed by atoms with Crippen LogP contribution in [-0.4, -0.2) is 16.8 Å². The van der Waals surface area contributed by atoms with Gasteiger partial charge in [0.25, 0.3) is 0 Å². The maximum Gasteiger partial charge on any atom is 0.150 e. The summed E-state index contributed by atoms with van der Waals surface area (Å²) in [6.45, 7) is 4.19. The number of hydrogen-bond donors (Lipinski definition) is 1. The molecule has 1 rings (SSSR count). The molecule has 1 atom stereocenters. The number of nitrogens with zero attached hydrogens (tertiary/aromatic N) is 1. The summed E-state index contributed by atoms with van der Waals surface area (Å²) >= 11 is 3.48. The zero-order chi connectivity index (χ0) is 9.68. The molecule has 0 fully saturated rings. The molecule has 1 heterocycles. The average molecular weight is 216 g/mol. The van der Waals surface area contributed by atoms with E-state index in [2.05, 4.69) is 17.3 Å². The first-order valence-corrected chi connectivity index (χ1v) is 6.39. The van der Waals surface area contributed by atoms with E-state index in [4.69, 9.17) is 5.73 Å². The van der Waals surface area contributed by atoms with Gasteiger partial charge in [-0.15, -0.1) is 11.3 Å². The average Bonchev–Trinajstić information content (AvgIpc) is 2.49. The van der Waals surface area contributed by atoms with Crippen LogP contribution in [0.5, 0.6) is 0 Å². The molecule has 1 aromatic heterocycles. The second-order valence-electron chi connectivity index (χ2n) is 3.11. The summed E-state index contributed by atoms with van der Waals surface area (Å²) in [5.41, 5.74) is 7.00. The molecule has 2 nitrogen and oxygen atoms in total. The third-order valence-corrected chi connectivity index (χ3v) is 4.01. The summed E-state index contributed by atoms with van der Waals surface area (Å²) in [7, 11) is 0. The van der Waals surface area contributed by atoms with Gasteiger partial charge in [-0.1, -0.05) is 25.1 Å². The normalized spacial score (nSPS) is 13.2. The molecule has 0 spiro atoms. The Bertz CT molecular complexity index is 248. The molecule has 2 N–H and O–H groups in total. The molecule has 0 aliphatic heterocycles. The predicted molar refractivity (Wildman–Crippen MR) is 60.5 cm³/mol. The quantitative estimate of drug-likeness (QED) is 0.769. The smallest absolute Gasteiger partial charge is 0.150 e. The molecular formula is C9H16N2S2. The van der Waals surface area contributed by atoms with Gasteiger partial charge in [-0.05, 0) is 13.3 Å². The molecule has 74 valence electrons. The maximum atomic E-state index is 5.89. The molecule has 0 bridgehead atoms. The standard InChI is InChI=1S/C9H16N2S2/c1-3-4-8(10)6-13-9-11-7(2)5-12-9/h5,8H,3-4,6,10H2,1-2H3. The summed E-state index contributed by atoms with van der Waals surface area (Å²) in [4.78, 5) is 4.37. The van der Waals surface area contributed by atoms with Gasteiger partial charge in [-0.25, -0.2) is 4.98 Å². The zero-order valence-electron chi connectivity index (χ0n) is 8.12. The highest BCUT2D eigenvalue weighted by molar-refractivity contribution is 8.01. The molecular weight excluding hydrogens is 200 g/mol. The minimum absolute atomic E-state index is 0.319. The lowest BCUT2D eigenvalue weighted by atomic mass is 10.2. The van der Waals surface area contributed by atoms with Gasteiger partial charge < -0.3 is 5.73 Å². The van der Waals surface area contributed by atoms with Crippen molar-refractivity contribution in [3.05, 3.63) is 11.1 Å². The Morgan fingerprint density at radius 2 is 2.46 bits per heavy atom. The Kier molecular flexibility index (Phi) is 4.77. The van der Waals surface area contributed by atoms with Gasteiger partial charge in [0.05, 0.1) is 0 Å². The molecule has 0 saturated carbocycles. The monoisotopic (exact) mass is 216 g/mol. The van der Waals surface area contributed by atoms with Crippen molar-refractivity contribution < 1.29 is 0 Å². The lowest BCUT2D eigenvalue weighted by Gasteiger charge is -2.07. The van der Waals surface area contributed by atoms with Gasteiger partial charge in [0.15, 0.2) is 0 Å². The number of aromatic nitrogens is 1. The maximum absolute atomic E-state index is 5.89. The Morgan fingerprint density at radius 1 is 1.69 bits per heavy atom. The fourth-order valence-electron chi connectivity index (χ4n) is 1.03. The molecule has 0 saturated heterocycles. The Labute approximate surface area is 87.9 Å². The lowest BCUT2D eigenvalue weighted by molar-refractivity contribution is 0.660. The van der Waals surface area contributed by atoms with E-state index < -0.39 is 0 Å². The van der Waals surface area contributed by atoms with Gasteiger partial charge in [0.2, 0.25) is 0 Å². The predicted octanol–water partition coefficient (Wildman–Crippen LogP) is 2.67. The summed E-state index contributed by atoms with van der Waals surface area (Å²) < 4.78 is 1.14. The molecule has 13 heavy (non-hydrogen) atoms. The summed E-state index contributed by atoms with van der Waals surface area (Å²) in [5, 5.41) is 2.08. The third kappa shape index (κ3) is 4.11. The van der Waals surface area contributed by atoms with Crippen molar-refractivity contribution in [1.82, 2.24) is 4.98 Å². The minimum Gasteiger partial charge on any atom is -0.327 e. The molecule has 0 aromatic carbocycles. The molecule has 1 unspecified atom stereocenters. The number of hydrogen-bond acceptors (Lipinski definition) is 4. The van der Waals surface area contributed by atoms with Crippen molar-refractivity contribution in [2.75, 3.05) is 5.75 Å². The van der Waals surface area contributed by atoms with Crippen molar-refractivity contribution in [1.29, 1.82) is 0 Å². The van der Waals surface area contributed by atoms with Crippen LogP contribution in [0.4, 0.5) is 0 Å². The molecule has 0 aliphatic carbocycles. The van der Waals surface area contributed by atoms with Crippen LogP contribution in [0.15, 0.2) is 9.72 Å². The van der Waals surface area contributed by atoms with Crippen LogP contribution in [0.3, 0.4) is 0 Å². The molecule has 0 aliphatic rings. The number of thioether (sulfide) groups is 1. The third-order valence-electron chi connectivity index (χ3n) is 1.68. The highest BCUT2D eigenvalue weighted by Crippen LogP contribution is 2.23. The molecule has 1 aromatic rings. The van der Waals surface area contributed by atoms with Gasteiger partial charge in [0, 0.05) is 22.9 Å². The van der Waals surface area contributed by atoms with Crippen molar-refractivity contribution in [3.63, 3.8) is 0 Å². The number of rotatable bonds is 5. The van der Waals surface area contributed by atoms with Crippen LogP contribution >= 0.6 is 23.1 Å². The Balaban J connectivity index is 2.26. The van der Waals surface area contributed by atoms with Crippen LogP contribution in [0, 0.1) is 6.92 Å². The molecule has 0 radical (unpaired) electrons. The highest BCUT2D eigenvalue weighted by atomic mass is 32.2. The number of nitrogens with two attached hydrogens (primary N) is 1. The fourth-order valence-corrected chi connectivity index (χ4v) is 2.90. The van der Waals surface area contributed by atoms with Crippen molar-refractivity contribution >= 4 is 23.1 Å². The lowest BCUT2D eigenvalue weighted by Crippen LogP contribution is -2.22. The van der Waals surface area contributed by atoms with Crippen LogP contribution in [0.2, 0.25) is 0 Å². The largest absolute Gasteiger partial charge is 0.327 e. The Hall–Kier alpha value is -0.0600. The van der Waals surface area contributed by atoms with Crippen LogP contribution in [0.25, 0.3) is 0 Å². The van der Waals surface area contributed by atoms with E-state index in [0.29, 0.717) is 6.04 Å². The zero-order valence-corrected chi connectivity index (χ0v) is 9.75. The van der Waals surface area contributed by atoms with E-state index in [1.807, 2.05) is 6.92 Å². The van der Waals surface area contributed by atoms with E-state index in [0.717, 1.165) is 22.2 Å². The number of aryl methyl sites for hydroxylation is 1. The molecule has 4 heteroatoms. The van der Waals surface area contributed by atoms with Gasteiger partial charge in [0.1, 0.15) is 4.34 Å². The second-order valence-corrected chi connectivity index (χ2v) is 5.24. The number of thiazole rings is 1. The van der Waals surface area contributed by atoms with E-state index in [9.17, 15) is 0 Å². The Morgan fingerprint density at radius 3 is 3.00 bits per heavy atom. The van der Waals surface area contributed by atoms with E-state index in [1.165, 1.54) is 6.42 Å². The molecule has 0 amide bonds. The topological polar surface area (TPSA) is 38.9 Å². The first-order chi connectivity index (χ1) is 6.22. The van der Waals surface area contributed by atoms with E-state index in [1.54, 1.807) is 23.1 Å². The van der Waals surface area contributed by atoms with Crippen LogP contribution < -0.4 is 5.73 Å². The summed E-state index contributed by atoms with van der Waals surface area (Å²) in [5.74, 6) is 0.987. The van der Waals surface area contributed by atoms with E-state index >= 15 is 0 Å². The van der Waals surface area contributed by atoms with E-state index in [-0.39, 0.29) is 0 Å². The first-order valence-electron chi connectivity index (χ1n) is 4.53. The first kappa shape index (κ1) is 11.0. The van der Waals surface area contributed by atoms with Crippen molar-refractivity contribution in [3.8, 4) is 0 Å². The SMILES string of the molecule is CCCC(N)CSc1nc(C)cs1. The van der Waals surface area contributed by atoms with Gasteiger partial charge >= 0.3 is 0 Å².